The molecule has 1 amide bonds. The maximum atomic E-state index is 13.7. The van der Waals surface area contributed by atoms with Gasteiger partial charge in [0.25, 0.3) is 11.5 Å². The first-order valence-corrected chi connectivity index (χ1v) is 11.7. The Kier molecular flexibility index (Phi) is 7.11. The van der Waals surface area contributed by atoms with E-state index in [1.807, 2.05) is 99.6 Å². The summed E-state index contributed by atoms with van der Waals surface area (Å²) in [5.41, 5.74) is 4.17. The number of ether oxygens (including phenoxy) is 1. The molecule has 6 nitrogen and oxygen atoms in total. The van der Waals surface area contributed by atoms with Crippen molar-refractivity contribution in [2.75, 3.05) is 6.61 Å². The van der Waals surface area contributed by atoms with Gasteiger partial charge in [-0.15, -0.1) is 0 Å². The van der Waals surface area contributed by atoms with Crippen LogP contribution in [0.2, 0.25) is 0 Å². The van der Waals surface area contributed by atoms with E-state index < -0.39 is 11.5 Å². The normalized spacial score (nSPS) is 11.7. The topological polar surface area (TPSA) is 73.2 Å². The second kappa shape index (κ2) is 10.4. The average Bonchev–Trinajstić information content (AvgIpc) is 2.87. The number of rotatable bonds is 7. The lowest BCUT2D eigenvalue weighted by molar-refractivity contribution is 0.0937. The maximum absolute atomic E-state index is 13.7. The molecule has 35 heavy (non-hydrogen) atoms. The number of nitrogens with one attached hydrogen (secondary N) is 1. The van der Waals surface area contributed by atoms with Crippen LogP contribution in [0.25, 0.3) is 22.4 Å². The summed E-state index contributed by atoms with van der Waals surface area (Å²) in [7, 11) is 1.57. The van der Waals surface area contributed by atoms with Crippen molar-refractivity contribution in [3.05, 3.63) is 106 Å². The summed E-state index contributed by atoms with van der Waals surface area (Å²) >= 11 is 0. The first-order valence-electron chi connectivity index (χ1n) is 11.7. The Morgan fingerprint density at radius 1 is 1.00 bits per heavy atom. The molecule has 178 valence electrons. The van der Waals surface area contributed by atoms with Crippen LogP contribution in [-0.2, 0) is 7.05 Å². The van der Waals surface area contributed by atoms with Crippen LogP contribution in [0.3, 0.4) is 0 Å². The minimum Gasteiger partial charge on any atom is -0.494 e. The highest BCUT2D eigenvalue weighted by Gasteiger charge is 2.26. The van der Waals surface area contributed by atoms with Crippen LogP contribution >= 0.6 is 0 Å². The fourth-order valence-electron chi connectivity index (χ4n) is 4.17. The van der Waals surface area contributed by atoms with Gasteiger partial charge in [-0.25, -0.2) is 4.68 Å². The minimum absolute atomic E-state index is 0.0602. The monoisotopic (exact) mass is 467 g/mol. The fraction of sp³-hybridized carbons (Fsp3) is 0.207. The van der Waals surface area contributed by atoms with E-state index in [0.29, 0.717) is 23.6 Å². The molecule has 0 saturated carbocycles. The van der Waals surface area contributed by atoms with Crippen molar-refractivity contribution < 1.29 is 9.53 Å². The molecule has 0 fully saturated rings. The van der Waals surface area contributed by atoms with E-state index in [4.69, 9.17) is 4.74 Å². The SMILES string of the molecule is CCOc1ccc(C)cc1C(C)NC(=O)c1c(-c2ccccc2)c(-c2ccccc2)nn(C)c1=O. The third kappa shape index (κ3) is 5.01. The number of aryl methyl sites for hydroxylation is 2. The van der Waals surface area contributed by atoms with Gasteiger partial charge < -0.3 is 10.1 Å². The molecule has 4 aromatic rings. The Morgan fingerprint density at radius 2 is 1.63 bits per heavy atom. The highest BCUT2D eigenvalue weighted by Crippen LogP contribution is 2.33. The fourth-order valence-corrected chi connectivity index (χ4v) is 4.17. The number of aromatic nitrogens is 2. The average molecular weight is 468 g/mol. The first-order chi connectivity index (χ1) is 16.9. The van der Waals surface area contributed by atoms with Gasteiger partial charge in [0.15, 0.2) is 0 Å². The van der Waals surface area contributed by atoms with E-state index in [-0.39, 0.29) is 11.6 Å². The van der Waals surface area contributed by atoms with E-state index in [0.717, 1.165) is 22.3 Å². The predicted octanol–water partition coefficient (Wildman–Crippen LogP) is 5.31. The molecule has 0 saturated heterocycles. The lowest BCUT2D eigenvalue weighted by Crippen LogP contribution is -2.36. The summed E-state index contributed by atoms with van der Waals surface area (Å²) < 4.78 is 7.01. The predicted molar refractivity (Wildman–Crippen MR) is 139 cm³/mol. The molecule has 4 rings (SSSR count). The van der Waals surface area contributed by atoms with Gasteiger partial charge in [-0.05, 0) is 32.4 Å². The van der Waals surface area contributed by atoms with E-state index in [1.54, 1.807) is 7.05 Å². The van der Waals surface area contributed by atoms with Gasteiger partial charge in [0.1, 0.15) is 11.3 Å². The van der Waals surface area contributed by atoms with Gasteiger partial charge in [0.2, 0.25) is 0 Å². The van der Waals surface area contributed by atoms with E-state index in [2.05, 4.69) is 10.4 Å². The molecule has 1 heterocycles. The zero-order valence-corrected chi connectivity index (χ0v) is 20.4. The Morgan fingerprint density at radius 3 is 2.26 bits per heavy atom. The van der Waals surface area contributed by atoms with E-state index in [9.17, 15) is 9.59 Å². The van der Waals surface area contributed by atoms with Crippen LogP contribution in [0.5, 0.6) is 5.75 Å². The third-order valence-electron chi connectivity index (χ3n) is 5.86. The van der Waals surface area contributed by atoms with Gasteiger partial charge in [-0.2, -0.15) is 5.10 Å². The number of carbonyl (C=O) groups is 1. The summed E-state index contributed by atoms with van der Waals surface area (Å²) in [4.78, 5) is 27.1. The Bertz CT molecular complexity index is 1400. The maximum Gasteiger partial charge on any atom is 0.280 e. The first kappa shape index (κ1) is 24.0. The third-order valence-corrected chi connectivity index (χ3v) is 5.86. The summed E-state index contributed by atoms with van der Waals surface area (Å²) in [6.07, 6.45) is 0. The smallest absolute Gasteiger partial charge is 0.280 e. The van der Waals surface area contributed by atoms with Gasteiger partial charge >= 0.3 is 0 Å². The Hall–Kier alpha value is -4.19. The van der Waals surface area contributed by atoms with Gasteiger partial charge in [-0.3, -0.25) is 9.59 Å². The van der Waals surface area contributed by atoms with E-state index in [1.165, 1.54) is 4.68 Å². The quantitative estimate of drug-likeness (QED) is 0.400. The number of amides is 1. The molecule has 1 atom stereocenters. The van der Waals surface area contributed by atoms with Crippen LogP contribution in [-0.4, -0.2) is 22.3 Å². The van der Waals surface area contributed by atoms with Crippen LogP contribution < -0.4 is 15.6 Å². The van der Waals surface area contributed by atoms with Gasteiger partial charge in [-0.1, -0.05) is 78.4 Å². The molecular weight excluding hydrogens is 438 g/mol. The van der Waals surface area contributed by atoms with E-state index >= 15 is 0 Å². The van der Waals surface area contributed by atoms with Crippen LogP contribution in [0, 0.1) is 6.92 Å². The van der Waals surface area contributed by atoms with Crippen molar-refractivity contribution >= 4 is 5.91 Å². The second-order valence-corrected chi connectivity index (χ2v) is 8.43. The molecule has 1 N–H and O–H groups in total. The molecule has 0 radical (unpaired) electrons. The lowest BCUT2D eigenvalue weighted by atomic mass is 9.94. The van der Waals surface area contributed by atoms with Crippen molar-refractivity contribution in [3.63, 3.8) is 0 Å². The highest BCUT2D eigenvalue weighted by atomic mass is 16.5. The van der Waals surface area contributed by atoms with Crippen molar-refractivity contribution in [2.45, 2.75) is 26.8 Å². The lowest BCUT2D eigenvalue weighted by Gasteiger charge is -2.20. The van der Waals surface area contributed by atoms with Gasteiger partial charge in [0.05, 0.1) is 18.3 Å². The zero-order chi connectivity index (χ0) is 24.9. The van der Waals surface area contributed by atoms with Crippen LogP contribution in [0.1, 0.15) is 41.4 Å². The molecule has 1 aromatic heterocycles. The summed E-state index contributed by atoms with van der Waals surface area (Å²) in [6.45, 7) is 6.32. The largest absolute Gasteiger partial charge is 0.494 e. The molecule has 6 heteroatoms. The zero-order valence-electron chi connectivity index (χ0n) is 20.4. The highest BCUT2D eigenvalue weighted by molar-refractivity contribution is 6.03. The Balaban J connectivity index is 1.86. The van der Waals surface area contributed by atoms with Gasteiger partial charge in [0, 0.05) is 23.7 Å². The Labute approximate surface area is 205 Å². The van der Waals surface area contributed by atoms with Crippen LogP contribution in [0.4, 0.5) is 0 Å². The summed E-state index contributed by atoms with van der Waals surface area (Å²) in [6, 6.07) is 24.5. The number of nitrogens with zero attached hydrogens (tertiary/aromatic N) is 2. The molecule has 1 unspecified atom stereocenters. The summed E-state index contributed by atoms with van der Waals surface area (Å²) in [5.74, 6) is 0.252. The van der Waals surface area contributed by atoms with Crippen LogP contribution in [0.15, 0.2) is 83.7 Å². The molecule has 3 aromatic carbocycles. The number of hydrogen-bond donors (Lipinski definition) is 1. The van der Waals surface area contributed by atoms with Crippen molar-refractivity contribution in [2.24, 2.45) is 7.05 Å². The molecule has 0 aliphatic carbocycles. The minimum atomic E-state index is -0.458. The second-order valence-electron chi connectivity index (χ2n) is 8.43. The molecule has 0 bridgehead atoms. The summed E-state index contributed by atoms with van der Waals surface area (Å²) in [5, 5.41) is 7.59. The number of hydrogen-bond acceptors (Lipinski definition) is 4. The van der Waals surface area contributed by atoms with Crippen molar-refractivity contribution in [1.82, 2.24) is 15.1 Å². The molecular formula is C29H29N3O3. The molecule has 0 spiro atoms. The number of benzene rings is 3. The molecule has 0 aliphatic rings. The van der Waals surface area contributed by atoms with Crippen molar-refractivity contribution in [1.29, 1.82) is 0 Å². The number of carbonyl (C=O) groups excluding carboxylic acids is 1. The van der Waals surface area contributed by atoms with Crippen molar-refractivity contribution in [3.8, 4) is 28.1 Å². The standard InChI is InChI=1S/C29H29N3O3/c1-5-35-24-17-16-19(2)18-23(24)20(3)30-28(33)26-25(21-12-8-6-9-13-21)27(31-32(4)29(26)34)22-14-10-7-11-15-22/h6-18,20H,5H2,1-4H3,(H,30,33). The molecule has 0 aliphatic heterocycles.